The van der Waals surface area contributed by atoms with Crippen LogP contribution in [0.25, 0.3) is 5.69 Å². The molecule has 0 spiro atoms. The highest BCUT2D eigenvalue weighted by molar-refractivity contribution is 5.79. The summed E-state index contributed by atoms with van der Waals surface area (Å²) in [7, 11) is 0. The first-order valence-corrected chi connectivity index (χ1v) is 9.72. The molecule has 27 heavy (non-hydrogen) atoms. The van der Waals surface area contributed by atoms with Gasteiger partial charge in [0.05, 0.1) is 18.9 Å². The Morgan fingerprint density at radius 2 is 2.11 bits per heavy atom. The molecule has 1 aromatic heterocycles. The zero-order valence-corrected chi connectivity index (χ0v) is 16.0. The second-order valence-electron chi connectivity index (χ2n) is 6.49. The first kappa shape index (κ1) is 19.2. The molecule has 1 aliphatic rings. The number of hydrogen-bond acceptors (Lipinski definition) is 3. The number of ether oxygens (including phenoxy) is 1. The summed E-state index contributed by atoms with van der Waals surface area (Å²) in [4.78, 5) is 4.69. The predicted octanol–water partition coefficient (Wildman–Crippen LogP) is 2.71. The number of nitrogens with one attached hydrogen (secondary N) is 2. The number of guanidine groups is 1. The lowest BCUT2D eigenvalue weighted by Crippen LogP contribution is -2.38. The standard InChI is InChI=1S/C21H29N5O/c1-2-22-21(24-14-9-19-10-16-27-17-11-19)23-13-8-18-4-6-20(7-5-18)26-15-3-12-25-26/h3-7,10,12,15H,2,8-9,11,13-14,16-17H2,1H3,(H2,22,23,24). The Labute approximate surface area is 161 Å². The van der Waals surface area contributed by atoms with E-state index < -0.39 is 0 Å². The average Bonchev–Trinajstić information content (AvgIpc) is 3.24. The van der Waals surface area contributed by atoms with Gasteiger partial charge in [0.2, 0.25) is 0 Å². The van der Waals surface area contributed by atoms with Gasteiger partial charge in [0.1, 0.15) is 0 Å². The third-order valence-corrected chi connectivity index (χ3v) is 4.52. The fourth-order valence-electron chi connectivity index (χ4n) is 3.01. The highest BCUT2D eigenvalue weighted by atomic mass is 16.5. The Morgan fingerprint density at radius 3 is 2.81 bits per heavy atom. The molecule has 0 aliphatic carbocycles. The van der Waals surface area contributed by atoms with E-state index in [1.54, 1.807) is 6.20 Å². The summed E-state index contributed by atoms with van der Waals surface area (Å²) < 4.78 is 7.21. The quantitative estimate of drug-likeness (QED) is 0.428. The smallest absolute Gasteiger partial charge is 0.191 e. The van der Waals surface area contributed by atoms with E-state index in [1.807, 2.05) is 16.9 Å². The van der Waals surface area contributed by atoms with E-state index in [-0.39, 0.29) is 0 Å². The molecule has 3 rings (SSSR count). The van der Waals surface area contributed by atoms with Crippen molar-refractivity contribution in [1.29, 1.82) is 0 Å². The van der Waals surface area contributed by atoms with Gasteiger partial charge in [-0.2, -0.15) is 5.10 Å². The molecule has 0 fully saturated rings. The Balaban J connectivity index is 1.44. The normalized spacial score (nSPS) is 14.7. The molecule has 0 radical (unpaired) electrons. The third kappa shape index (κ3) is 6.25. The van der Waals surface area contributed by atoms with Gasteiger partial charge in [0.15, 0.2) is 5.96 Å². The van der Waals surface area contributed by atoms with Crippen molar-refractivity contribution < 1.29 is 4.74 Å². The predicted molar refractivity (Wildman–Crippen MR) is 109 cm³/mol. The molecule has 1 aliphatic heterocycles. The number of hydrogen-bond donors (Lipinski definition) is 2. The summed E-state index contributed by atoms with van der Waals surface area (Å²) in [6.45, 7) is 6.19. The van der Waals surface area contributed by atoms with Crippen molar-refractivity contribution in [2.24, 2.45) is 4.99 Å². The zero-order chi connectivity index (χ0) is 18.7. The number of nitrogens with zero attached hydrogens (tertiary/aromatic N) is 3. The molecule has 1 aromatic carbocycles. The minimum absolute atomic E-state index is 0.747. The fraction of sp³-hybridized carbons (Fsp3) is 0.429. The van der Waals surface area contributed by atoms with Crippen molar-refractivity contribution in [3.63, 3.8) is 0 Å². The number of aliphatic imine (C=N–C) groups is 1. The summed E-state index contributed by atoms with van der Waals surface area (Å²) in [5.74, 6) is 0.887. The average molecular weight is 367 g/mol. The van der Waals surface area contributed by atoms with Crippen LogP contribution in [0, 0.1) is 0 Å². The molecule has 0 saturated carbocycles. The van der Waals surface area contributed by atoms with Crippen molar-refractivity contribution in [1.82, 2.24) is 20.4 Å². The molecule has 0 saturated heterocycles. The van der Waals surface area contributed by atoms with Crippen LogP contribution in [0.3, 0.4) is 0 Å². The topological polar surface area (TPSA) is 63.5 Å². The van der Waals surface area contributed by atoms with Gasteiger partial charge in [-0.1, -0.05) is 23.8 Å². The number of rotatable bonds is 8. The number of benzene rings is 1. The molecule has 2 heterocycles. The van der Waals surface area contributed by atoms with E-state index in [4.69, 9.17) is 4.74 Å². The van der Waals surface area contributed by atoms with E-state index in [0.717, 1.165) is 63.8 Å². The monoisotopic (exact) mass is 367 g/mol. The molecule has 144 valence electrons. The van der Waals surface area contributed by atoms with Crippen LogP contribution in [0.1, 0.15) is 25.3 Å². The van der Waals surface area contributed by atoms with Crippen LogP contribution in [0.5, 0.6) is 0 Å². The highest BCUT2D eigenvalue weighted by Gasteiger charge is 2.04. The molecule has 0 amide bonds. The second kappa shape index (κ2) is 10.5. The van der Waals surface area contributed by atoms with Gasteiger partial charge in [-0.3, -0.25) is 4.99 Å². The van der Waals surface area contributed by atoms with Crippen LogP contribution >= 0.6 is 0 Å². The van der Waals surface area contributed by atoms with Gasteiger partial charge < -0.3 is 15.4 Å². The van der Waals surface area contributed by atoms with Crippen LogP contribution in [0.2, 0.25) is 0 Å². The Kier molecular flexibility index (Phi) is 7.47. The molecular weight excluding hydrogens is 338 g/mol. The minimum Gasteiger partial charge on any atom is -0.377 e. The molecule has 0 bridgehead atoms. The summed E-state index contributed by atoms with van der Waals surface area (Å²) >= 11 is 0. The van der Waals surface area contributed by atoms with Crippen LogP contribution in [-0.2, 0) is 11.2 Å². The molecule has 2 aromatic rings. The van der Waals surface area contributed by atoms with Gasteiger partial charge in [-0.15, -0.1) is 0 Å². The van der Waals surface area contributed by atoms with Crippen LogP contribution in [0.4, 0.5) is 0 Å². The lowest BCUT2D eigenvalue weighted by atomic mass is 10.1. The second-order valence-corrected chi connectivity index (χ2v) is 6.49. The molecule has 6 nitrogen and oxygen atoms in total. The van der Waals surface area contributed by atoms with Gasteiger partial charge >= 0.3 is 0 Å². The molecular formula is C21H29N5O. The maximum atomic E-state index is 5.35. The highest BCUT2D eigenvalue weighted by Crippen LogP contribution is 2.11. The van der Waals surface area contributed by atoms with E-state index in [2.05, 4.69) is 58.0 Å². The Bertz CT molecular complexity index is 734. The summed E-state index contributed by atoms with van der Waals surface area (Å²) in [6.07, 6.45) is 8.92. The molecule has 2 N–H and O–H groups in total. The third-order valence-electron chi connectivity index (χ3n) is 4.52. The van der Waals surface area contributed by atoms with Crippen molar-refractivity contribution in [3.05, 3.63) is 59.9 Å². The minimum atomic E-state index is 0.747. The summed E-state index contributed by atoms with van der Waals surface area (Å²) in [5, 5.41) is 11.0. The van der Waals surface area contributed by atoms with Gasteiger partial charge in [0.25, 0.3) is 0 Å². The zero-order valence-electron chi connectivity index (χ0n) is 16.0. The first-order valence-electron chi connectivity index (χ1n) is 9.72. The first-order chi connectivity index (χ1) is 13.3. The van der Waals surface area contributed by atoms with Gasteiger partial charge in [-0.05, 0) is 49.9 Å². The SMILES string of the molecule is CCNC(=NCCC1=CCOCC1)NCCc1ccc(-n2cccn2)cc1. The fourth-order valence-corrected chi connectivity index (χ4v) is 3.01. The lowest BCUT2D eigenvalue weighted by Gasteiger charge is -2.14. The number of aromatic nitrogens is 2. The Morgan fingerprint density at radius 1 is 1.22 bits per heavy atom. The molecule has 0 unspecified atom stereocenters. The summed E-state index contributed by atoms with van der Waals surface area (Å²) in [5.41, 5.74) is 3.83. The van der Waals surface area contributed by atoms with Gasteiger partial charge in [0, 0.05) is 32.0 Å². The van der Waals surface area contributed by atoms with Crippen molar-refractivity contribution in [2.75, 3.05) is 32.8 Å². The van der Waals surface area contributed by atoms with Crippen LogP contribution in [0.15, 0.2) is 59.4 Å². The van der Waals surface area contributed by atoms with E-state index >= 15 is 0 Å². The van der Waals surface area contributed by atoms with E-state index in [0.29, 0.717) is 0 Å². The van der Waals surface area contributed by atoms with E-state index in [1.165, 1.54) is 11.1 Å². The van der Waals surface area contributed by atoms with Crippen LogP contribution in [-0.4, -0.2) is 48.6 Å². The lowest BCUT2D eigenvalue weighted by molar-refractivity contribution is 0.153. The largest absolute Gasteiger partial charge is 0.377 e. The summed E-state index contributed by atoms with van der Waals surface area (Å²) in [6, 6.07) is 10.4. The van der Waals surface area contributed by atoms with Gasteiger partial charge in [-0.25, -0.2) is 4.68 Å². The van der Waals surface area contributed by atoms with Crippen molar-refractivity contribution in [3.8, 4) is 5.69 Å². The van der Waals surface area contributed by atoms with Crippen molar-refractivity contribution >= 4 is 5.96 Å². The van der Waals surface area contributed by atoms with Crippen molar-refractivity contribution in [2.45, 2.75) is 26.2 Å². The molecule has 0 atom stereocenters. The maximum absolute atomic E-state index is 5.35. The van der Waals surface area contributed by atoms with E-state index in [9.17, 15) is 0 Å². The maximum Gasteiger partial charge on any atom is 0.191 e. The Hall–Kier alpha value is -2.60. The van der Waals surface area contributed by atoms with Crippen LogP contribution < -0.4 is 10.6 Å². The molecule has 6 heteroatoms.